The highest BCUT2D eigenvalue weighted by Crippen LogP contribution is 2.31. The predicted molar refractivity (Wildman–Crippen MR) is 147 cm³/mol. The number of carbonyl (C=O) groups excluding carboxylic acids is 1. The van der Waals surface area contributed by atoms with Gasteiger partial charge in [0.2, 0.25) is 0 Å². The number of piperazine rings is 1. The van der Waals surface area contributed by atoms with Crippen LogP contribution in [0.4, 0.5) is 15.8 Å². The van der Waals surface area contributed by atoms with Gasteiger partial charge in [-0.25, -0.2) is 9.37 Å². The van der Waals surface area contributed by atoms with Gasteiger partial charge in [-0.3, -0.25) is 9.48 Å². The SMILES string of the molecule is C[C@@H]1CN(c2ccc(C(=O)Nc3cc(F)c4nn(C)cc4c3)c3nc(OC[C@@H]4CCOC4)ncc23)C[C@@H](C)N1. The molecular formula is C28H32FN7O3. The van der Waals surface area contributed by atoms with E-state index in [1.165, 1.54) is 6.07 Å². The topological polar surface area (TPSA) is 106 Å². The zero-order valence-corrected chi connectivity index (χ0v) is 22.3. The zero-order valence-electron chi connectivity index (χ0n) is 22.3. The lowest BCUT2D eigenvalue weighted by Crippen LogP contribution is -2.54. The number of aryl methyl sites for hydroxylation is 1. The van der Waals surface area contributed by atoms with Crippen LogP contribution in [0, 0.1) is 11.7 Å². The number of benzene rings is 2. The van der Waals surface area contributed by atoms with Gasteiger partial charge in [-0.2, -0.15) is 10.1 Å². The molecule has 2 fully saturated rings. The van der Waals surface area contributed by atoms with E-state index >= 15 is 0 Å². The summed E-state index contributed by atoms with van der Waals surface area (Å²) in [5, 5.41) is 11.9. The van der Waals surface area contributed by atoms with Gasteiger partial charge in [0.1, 0.15) is 5.52 Å². The molecular weight excluding hydrogens is 501 g/mol. The molecule has 39 heavy (non-hydrogen) atoms. The van der Waals surface area contributed by atoms with Crippen LogP contribution in [0.2, 0.25) is 0 Å². The summed E-state index contributed by atoms with van der Waals surface area (Å²) < 4.78 is 27.6. The van der Waals surface area contributed by atoms with E-state index in [-0.39, 0.29) is 11.5 Å². The standard InChI is InChI=1S/C28H32FN7O3/c1-16-11-36(12-17(2)31-16)24-5-4-21(26-22(24)10-30-28(33-26)39-15-18-6-7-38-14-18)27(37)32-20-8-19-13-35(3)34-25(19)23(29)9-20/h4-5,8-10,13,16-18,31H,6-7,11-12,14-15H2,1-3H3,(H,32,37)/t16-,17-,18-/m1/s1. The highest BCUT2D eigenvalue weighted by atomic mass is 19.1. The minimum absolute atomic E-state index is 0.213. The molecule has 2 saturated heterocycles. The Labute approximate surface area is 225 Å². The average Bonchev–Trinajstić information content (AvgIpc) is 3.55. The number of anilines is 2. The number of aromatic nitrogens is 4. The molecule has 1 amide bonds. The van der Waals surface area contributed by atoms with Gasteiger partial charge in [-0.15, -0.1) is 0 Å². The van der Waals surface area contributed by atoms with Crippen LogP contribution >= 0.6 is 0 Å². The third-order valence-corrected chi connectivity index (χ3v) is 7.25. The number of amides is 1. The first-order chi connectivity index (χ1) is 18.8. The molecule has 4 aromatic rings. The summed E-state index contributed by atoms with van der Waals surface area (Å²) in [6.07, 6.45) is 4.37. The van der Waals surface area contributed by atoms with Crippen molar-refractivity contribution in [2.24, 2.45) is 13.0 Å². The number of hydrogen-bond acceptors (Lipinski definition) is 8. The molecule has 3 atom stereocenters. The van der Waals surface area contributed by atoms with E-state index in [0.29, 0.717) is 53.4 Å². The highest BCUT2D eigenvalue weighted by molar-refractivity contribution is 6.14. The van der Waals surface area contributed by atoms with Gasteiger partial charge < -0.3 is 25.0 Å². The molecule has 0 saturated carbocycles. The molecule has 0 aliphatic carbocycles. The maximum atomic E-state index is 14.7. The molecule has 4 heterocycles. The number of hydrogen-bond donors (Lipinski definition) is 2. The fraction of sp³-hybridized carbons (Fsp3) is 0.429. The lowest BCUT2D eigenvalue weighted by Gasteiger charge is -2.38. The monoisotopic (exact) mass is 533 g/mol. The third kappa shape index (κ3) is 5.24. The molecule has 204 valence electrons. The van der Waals surface area contributed by atoms with E-state index in [1.54, 1.807) is 36.3 Å². The van der Waals surface area contributed by atoms with Crippen LogP contribution in [0.1, 0.15) is 30.6 Å². The molecule has 0 radical (unpaired) electrons. The Kier molecular flexibility index (Phi) is 6.78. The molecule has 0 bridgehead atoms. The van der Waals surface area contributed by atoms with Gasteiger partial charge in [0.05, 0.1) is 24.3 Å². The summed E-state index contributed by atoms with van der Waals surface area (Å²) in [5.74, 6) is -0.607. The predicted octanol–water partition coefficient (Wildman–Crippen LogP) is 3.51. The Hall–Kier alpha value is -3.83. The zero-order chi connectivity index (χ0) is 27.1. The second kappa shape index (κ2) is 10.4. The average molecular weight is 534 g/mol. The van der Waals surface area contributed by atoms with Crippen LogP contribution in [-0.4, -0.2) is 70.6 Å². The minimum atomic E-state index is -0.501. The Morgan fingerprint density at radius 2 is 2.05 bits per heavy atom. The summed E-state index contributed by atoms with van der Waals surface area (Å²) in [6, 6.07) is 7.52. The Morgan fingerprint density at radius 1 is 1.23 bits per heavy atom. The quantitative estimate of drug-likeness (QED) is 0.388. The van der Waals surface area contributed by atoms with Crippen molar-refractivity contribution in [1.29, 1.82) is 0 Å². The van der Waals surface area contributed by atoms with E-state index in [1.807, 2.05) is 6.07 Å². The normalized spacial score (nSPS) is 21.5. The van der Waals surface area contributed by atoms with Crippen LogP contribution in [0.15, 0.2) is 36.7 Å². The first-order valence-corrected chi connectivity index (χ1v) is 13.3. The summed E-state index contributed by atoms with van der Waals surface area (Å²) in [6.45, 7) is 7.77. The molecule has 2 N–H and O–H groups in total. The van der Waals surface area contributed by atoms with Crippen LogP contribution in [0.5, 0.6) is 6.01 Å². The number of fused-ring (bicyclic) bond motifs is 2. The van der Waals surface area contributed by atoms with E-state index in [0.717, 1.165) is 37.2 Å². The Balaban J connectivity index is 1.36. The minimum Gasteiger partial charge on any atom is -0.463 e. The van der Waals surface area contributed by atoms with Crippen molar-refractivity contribution >= 4 is 39.1 Å². The van der Waals surface area contributed by atoms with Crippen molar-refractivity contribution in [3.05, 3.63) is 48.0 Å². The van der Waals surface area contributed by atoms with Gasteiger partial charge in [0.15, 0.2) is 5.82 Å². The van der Waals surface area contributed by atoms with Crippen molar-refractivity contribution < 1.29 is 18.7 Å². The maximum absolute atomic E-state index is 14.7. The molecule has 10 nitrogen and oxygen atoms in total. The number of halogens is 1. The second-order valence-electron chi connectivity index (χ2n) is 10.6. The largest absolute Gasteiger partial charge is 0.463 e. The molecule has 6 rings (SSSR count). The first-order valence-electron chi connectivity index (χ1n) is 13.3. The fourth-order valence-corrected chi connectivity index (χ4v) is 5.53. The van der Waals surface area contributed by atoms with E-state index < -0.39 is 11.7 Å². The fourth-order valence-electron chi connectivity index (χ4n) is 5.53. The van der Waals surface area contributed by atoms with Crippen LogP contribution in [0.25, 0.3) is 21.8 Å². The lowest BCUT2D eigenvalue weighted by atomic mass is 10.0. The Bertz CT molecular complexity index is 1520. The van der Waals surface area contributed by atoms with Crippen molar-refractivity contribution in [2.75, 3.05) is 43.1 Å². The molecule has 2 aliphatic rings. The van der Waals surface area contributed by atoms with Gasteiger partial charge >= 0.3 is 6.01 Å². The van der Waals surface area contributed by atoms with Crippen LogP contribution in [0.3, 0.4) is 0 Å². The van der Waals surface area contributed by atoms with Crippen molar-refractivity contribution in [3.8, 4) is 6.01 Å². The summed E-state index contributed by atoms with van der Waals surface area (Å²) in [5.41, 5.74) is 2.39. The van der Waals surface area contributed by atoms with E-state index in [9.17, 15) is 9.18 Å². The smallest absolute Gasteiger partial charge is 0.316 e. The molecule has 2 aromatic carbocycles. The summed E-state index contributed by atoms with van der Waals surface area (Å²) in [7, 11) is 1.73. The summed E-state index contributed by atoms with van der Waals surface area (Å²) >= 11 is 0. The van der Waals surface area contributed by atoms with Crippen molar-refractivity contribution in [3.63, 3.8) is 0 Å². The van der Waals surface area contributed by atoms with Gasteiger partial charge in [0.25, 0.3) is 5.91 Å². The number of rotatable bonds is 6. The van der Waals surface area contributed by atoms with Crippen LogP contribution < -0.4 is 20.3 Å². The maximum Gasteiger partial charge on any atom is 0.316 e. The Morgan fingerprint density at radius 3 is 2.82 bits per heavy atom. The molecule has 2 aromatic heterocycles. The number of nitrogens with zero attached hydrogens (tertiary/aromatic N) is 5. The number of nitrogens with one attached hydrogen (secondary N) is 2. The second-order valence-corrected chi connectivity index (χ2v) is 10.6. The first kappa shape index (κ1) is 25.4. The van der Waals surface area contributed by atoms with E-state index in [4.69, 9.17) is 14.5 Å². The number of carbonyl (C=O) groups is 1. The van der Waals surface area contributed by atoms with E-state index in [2.05, 4.69) is 39.5 Å². The molecule has 2 aliphatic heterocycles. The van der Waals surface area contributed by atoms with Crippen LogP contribution in [-0.2, 0) is 11.8 Å². The molecule has 11 heteroatoms. The number of ether oxygens (including phenoxy) is 2. The van der Waals surface area contributed by atoms with Gasteiger partial charge in [0, 0.05) is 79.3 Å². The highest BCUT2D eigenvalue weighted by Gasteiger charge is 2.25. The van der Waals surface area contributed by atoms with Crippen molar-refractivity contribution in [1.82, 2.24) is 25.1 Å². The molecule has 0 spiro atoms. The van der Waals surface area contributed by atoms with Gasteiger partial charge in [-0.05, 0) is 44.5 Å². The third-order valence-electron chi connectivity index (χ3n) is 7.25. The molecule has 0 unspecified atom stereocenters. The lowest BCUT2D eigenvalue weighted by molar-refractivity contribution is 0.102. The van der Waals surface area contributed by atoms with Gasteiger partial charge in [-0.1, -0.05) is 0 Å². The summed E-state index contributed by atoms with van der Waals surface area (Å²) in [4.78, 5) is 25.0. The van der Waals surface area contributed by atoms with Crippen molar-refractivity contribution in [2.45, 2.75) is 32.4 Å².